The van der Waals surface area contributed by atoms with Crippen molar-refractivity contribution in [2.24, 2.45) is 4.99 Å². The van der Waals surface area contributed by atoms with Gasteiger partial charge < -0.3 is 10.6 Å². The molecular formula is C15H23BrIN3S. The molecule has 0 amide bonds. The Morgan fingerprint density at radius 2 is 2.10 bits per heavy atom. The highest BCUT2D eigenvalue weighted by Crippen LogP contribution is 2.40. The maximum atomic E-state index is 4.59. The molecule has 2 unspecified atom stereocenters. The normalized spacial score (nSPS) is 20.6. The van der Waals surface area contributed by atoms with Crippen molar-refractivity contribution in [1.82, 2.24) is 10.6 Å². The van der Waals surface area contributed by atoms with E-state index in [-0.39, 0.29) is 24.0 Å². The molecule has 6 heteroatoms. The standard InChI is InChI=1S/C15H22BrN3S.HI/c1-3-17-15(18-8-9-20-2)19-14-10-13(14)11-4-6-12(16)7-5-11;/h4-7,13-14H,3,8-10H2,1-2H3,(H2,17,18,19);1H. The number of halogens is 2. The molecule has 21 heavy (non-hydrogen) atoms. The third-order valence-electron chi connectivity index (χ3n) is 3.32. The Labute approximate surface area is 157 Å². The van der Waals surface area contributed by atoms with E-state index in [1.54, 1.807) is 0 Å². The number of guanidine groups is 1. The minimum atomic E-state index is 0. The molecule has 0 heterocycles. The van der Waals surface area contributed by atoms with Gasteiger partial charge in [-0.05, 0) is 37.3 Å². The van der Waals surface area contributed by atoms with E-state index in [9.17, 15) is 0 Å². The van der Waals surface area contributed by atoms with Gasteiger partial charge in [-0.15, -0.1) is 24.0 Å². The molecular weight excluding hydrogens is 461 g/mol. The maximum Gasteiger partial charge on any atom is 0.191 e. The second-order valence-corrected chi connectivity index (χ2v) is 6.80. The summed E-state index contributed by atoms with van der Waals surface area (Å²) in [5.74, 6) is 2.64. The van der Waals surface area contributed by atoms with E-state index in [0.29, 0.717) is 12.0 Å². The summed E-state index contributed by atoms with van der Waals surface area (Å²) < 4.78 is 1.14. The lowest BCUT2D eigenvalue weighted by molar-refractivity contribution is 0.799. The Kier molecular flexibility index (Phi) is 9.04. The molecule has 118 valence electrons. The quantitative estimate of drug-likeness (QED) is 0.279. The van der Waals surface area contributed by atoms with Crippen LogP contribution in [0.5, 0.6) is 0 Å². The van der Waals surface area contributed by atoms with Gasteiger partial charge in [0.15, 0.2) is 5.96 Å². The summed E-state index contributed by atoms with van der Waals surface area (Å²) in [5, 5.41) is 6.85. The van der Waals surface area contributed by atoms with Crippen LogP contribution in [-0.4, -0.2) is 37.1 Å². The molecule has 0 bridgehead atoms. The molecule has 1 aromatic carbocycles. The van der Waals surface area contributed by atoms with Gasteiger partial charge in [0.2, 0.25) is 0 Å². The zero-order valence-electron chi connectivity index (χ0n) is 12.4. The minimum Gasteiger partial charge on any atom is -0.357 e. The van der Waals surface area contributed by atoms with Gasteiger partial charge in [0.05, 0.1) is 6.54 Å². The molecule has 1 saturated carbocycles. The molecule has 0 spiro atoms. The van der Waals surface area contributed by atoms with Gasteiger partial charge in [-0.3, -0.25) is 4.99 Å². The van der Waals surface area contributed by atoms with Crippen molar-refractivity contribution in [2.75, 3.05) is 25.1 Å². The average Bonchev–Trinajstić information content (AvgIpc) is 3.19. The van der Waals surface area contributed by atoms with Crippen molar-refractivity contribution >= 4 is 57.6 Å². The van der Waals surface area contributed by atoms with Crippen LogP contribution < -0.4 is 10.6 Å². The van der Waals surface area contributed by atoms with Crippen LogP contribution in [0.3, 0.4) is 0 Å². The van der Waals surface area contributed by atoms with Crippen LogP contribution in [0.15, 0.2) is 33.7 Å². The van der Waals surface area contributed by atoms with E-state index in [1.807, 2.05) is 11.8 Å². The van der Waals surface area contributed by atoms with Gasteiger partial charge in [0, 0.05) is 28.7 Å². The Morgan fingerprint density at radius 1 is 1.38 bits per heavy atom. The van der Waals surface area contributed by atoms with Crippen LogP contribution in [-0.2, 0) is 0 Å². The molecule has 1 aliphatic rings. The van der Waals surface area contributed by atoms with Crippen LogP contribution >= 0.6 is 51.7 Å². The van der Waals surface area contributed by atoms with Crippen molar-refractivity contribution in [3.05, 3.63) is 34.3 Å². The summed E-state index contributed by atoms with van der Waals surface area (Å²) >= 11 is 5.31. The minimum absolute atomic E-state index is 0. The Morgan fingerprint density at radius 3 is 2.71 bits per heavy atom. The lowest BCUT2D eigenvalue weighted by Crippen LogP contribution is -2.39. The van der Waals surface area contributed by atoms with E-state index < -0.39 is 0 Å². The SMILES string of the molecule is CCNC(=NCCSC)NC1CC1c1ccc(Br)cc1.I. The number of rotatable bonds is 6. The molecule has 1 fully saturated rings. The van der Waals surface area contributed by atoms with E-state index in [4.69, 9.17) is 0 Å². The van der Waals surface area contributed by atoms with E-state index >= 15 is 0 Å². The van der Waals surface area contributed by atoms with Gasteiger partial charge in [0.25, 0.3) is 0 Å². The van der Waals surface area contributed by atoms with Crippen LogP contribution in [0.2, 0.25) is 0 Å². The number of benzene rings is 1. The smallest absolute Gasteiger partial charge is 0.191 e. The van der Waals surface area contributed by atoms with Crippen LogP contribution in [0, 0.1) is 0 Å². The monoisotopic (exact) mass is 483 g/mol. The highest BCUT2D eigenvalue weighted by molar-refractivity contribution is 14.0. The lowest BCUT2D eigenvalue weighted by Gasteiger charge is -2.11. The Balaban J connectivity index is 0.00000220. The summed E-state index contributed by atoms with van der Waals surface area (Å²) in [6, 6.07) is 9.15. The van der Waals surface area contributed by atoms with Gasteiger partial charge in [-0.25, -0.2) is 0 Å². The summed E-state index contributed by atoms with van der Waals surface area (Å²) in [7, 11) is 0. The van der Waals surface area contributed by atoms with E-state index in [2.05, 4.69) is 69.0 Å². The predicted molar refractivity (Wildman–Crippen MR) is 108 cm³/mol. The molecule has 3 nitrogen and oxygen atoms in total. The predicted octanol–water partition coefficient (Wildman–Crippen LogP) is 3.84. The first-order valence-corrected chi connectivity index (χ1v) is 9.22. The molecule has 0 saturated heterocycles. The van der Waals surface area contributed by atoms with Gasteiger partial charge >= 0.3 is 0 Å². The van der Waals surface area contributed by atoms with Crippen LogP contribution in [0.4, 0.5) is 0 Å². The van der Waals surface area contributed by atoms with Crippen molar-refractivity contribution < 1.29 is 0 Å². The summed E-state index contributed by atoms with van der Waals surface area (Å²) in [4.78, 5) is 4.59. The van der Waals surface area contributed by atoms with Crippen LogP contribution in [0.1, 0.15) is 24.8 Å². The van der Waals surface area contributed by atoms with Crippen molar-refractivity contribution in [3.63, 3.8) is 0 Å². The third kappa shape index (κ3) is 6.36. The van der Waals surface area contributed by atoms with Gasteiger partial charge in [-0.1, -0.05) is 28.1 Å². The first-order chi connectivity index (χ1) is 9.74. The summed E-state index contributed by atoms with van der Waals surface area (Å²) in [6.07, 6.45) is 3.30. The maximum absolute atomic E-state index is 4.59. The summed E-state index contributed by atoms with van der Waals surface area (Å²) in [5.41, 5.74) is 1.41. The van der Waals surface area contributed by atoms with Crippen LogP contribution in [0.25, 0.3) is 0 Å². The van der Waals surface area contributed by atoms with E-state index in [0.717, 1.165) is 29.3 Å². The highest BCUT2D eigenvalue weighted by atomic mass is 127. The molecule has 1 aromatic rings. The van der Waals surface area contributed by atoms with Gasteiger partial charge in [0.1, 0.15) is 0 Å². The first-order valence-electron chi connectivity index (χ1n) is 7.03. The third-order valence-corrected chi connectivity index (χ3v) is 4.44. The fourth-order valence-corrected chi connectivity index (χ4v) is 2.72. The largest absolute Gasteiger partial charge is 0.357 e. The lowest BCUT2D eigenvalue weighted by atomic mass is 10.1. The molecule has 2 rings (SSSR count). The van der Waals surface area contributed by atoms with Gasteiger partial charge in [-0.2, -0.15) is 11.8 Å². The molecule has 2 N–H and O–H groups in total. The molecule has 1 aliphatic carbocycles. The Bertz CT molecular complexity index is 453. The fourth-order valence-electron chi connectivity index (χ4n) is 2.18. The van der Waals surface area contributed by atoms with Crippen molar-refractivity contribution in [1.29, 1.82) is 0 Å². The molecule has 2 atom stereocenters. The number of thioether (sulfide) groups is 1. The average molecular weight is 484 g/mol. The number of hydrogen-bond acceptors (Lipinski definition) is 2. The second-order valence-electron chi connectivity index (χ2n) is 4.90. The molecule has 0 aromatic heterocycles. The first kappa shape index (κ1) is 19.1. The highest BCUT2D eigenvalue weighted by Gasteiger charge is 2.38. The number of hydrogen-bond donors (Lipinski definition) is 2. The fraction of sp³-hybridized carbons (Fsp3) is 0.533. The van der Waals surface area contributed by atoms with Crippen molar-refractivity contribution in [2.45, 2.75) is 25.3 Å². The molecule has 0 radical (unpaired) electrons. The Hall–Kier alpha value is 0.0500. The second kappa shape index (κ2) is 9.94. The zero-order valence-corrected chi connectivity index (χ0v) is 17.2. The number of aliphatic imine (C=N–C) groups is 1. The summed E-state index contributed by atoms with van der Waals surface area (Å²) in [6.45, 7) is 3.87. The zero-order chi connectivity index (χ0) is 14.4. The number of nitrogens with one attached hydrogen (secondary N) is 2. The molecule has 0 aliphatic heterocycles. The van der Waals surface area contributed by atoms with Crippen molar-refractivity contribution in [3.8, 4) is 0 Å². The van der Waals surface area contributed by atoms with E-state index in [1.165, 1.54) is 12.0 Å². The topological polar surface area (TPSA) is 36.4 Å². The number of nitrogens with zero attached hydrogens (tertiary/aromatic N) is 1.